The number of hydrogen-bond donors (Lipinski definition) is 1. The van der Waals surface area contributed by atoms with Gasteiger partial charge in [0.25, 0.3) is 0 Å². The number of ether oxygens (including phenoxy) is 3. The Balaban J connectivity index is 1.68. The van der Waals surface area contributed by atoms with Gasteiger partial charge in [-0.1, -0.05) is 12.1 Å². The van der Waals surface area contributed by atoms with Gasteiger partial charge in [0.1, 0.15) is 0 Å². The van der Waals surface area contributed by atoms with Crippen molar-refractivity contribution in [1.82, 2.24) is 15.2 Å². The first-order valence-corrected chi connectivity index (χ1v) is 8.98. The molecule has 27 heavy (non-hydrogen) atoms. The molecule has 0 radical (unpaired) electrons. The number of fused-ring (bicyclic) bond motifs is 1. The van der Waals surface area contributed by atoms with Gasteiger partial charge in [0, 0.05) is 39.1 Å². The van der Waals surface area contributed by atoms with Crippen LogP contribution in [0.25, 0.3) is 0 Å². The fourth-order valence-corrected chi connectivity index (χ4v) is 2.78. The van der Waals surface area contributed by atoms with Crippen molar-refractivity contribution in [3.8, 4) is 11.5 Å². The Morgan fingerprint density at radius 3 is 2.85 bits per heavy atom. The van der Waals surface area contributed by atoms with Gasteiger partial charge in [-0.05, 0) is 42.7 Å². The van der Waals surface area contributed by atoms with E-state index in [2.05, 4.69) is 10.3 Å². The predicted molar refractivity (Wildman–Crippen MR) is 101 cm³/mol. The normalized spacial score (nSPS) is 13.3. The van der Waals surface area contributed by atoms with Crippen LogP contribution in [0.2, 0.25) is 0 Å². The molecule has 0 saturated carbocycles. The quantitative estimate of drug-likeness (QED) is 0.772. The minimum Gasteiger partial charge on any atom is -0.454 e. The molecule has 1 aromatic carbocycles. The number of benzene rings is 1. The van der Waals surface area contributed by atoms with Crippen molar-refractivity contribution < 1.29 is 19.0 Å². The summed E-state index contributed by atoms with van der Waals surface area (Å²) in [6, 6.07) is 9.44. The third kappa shape index (κ3) is 5.34. The van der Waals surface area contributed by atoms with Gasteiger partial charge in [-0.3, -0.25) is 4.98 Å². The highest BCUT2D eigenvalue weighted by molar-refractivity contribution is 5.74. The smallest absolute Gasteiger partial charge is 0.318 e. The number of aromatic nitrogens is 1. The Labute approximate surface area is 159 Å². The fraction of sp³-hybridized carbons (Fsp3) is 0.400. The summed E-state index contributed by atoms with van der Waals surface area (Å²) in [7, 11) is 1.67. The summed E-state index contributed by atoms with van der Waals surface area (Å²) < 4.78 is 16.0. The van der Waals surface area contributed by atoms with Crippen LogP contribution in [0.1, 0.15) is 24.5 Å². The summed E-state index contributed by atoms with van der Waals surface area (Å²) in [6.45, 7) is 3.69. The van der Waals surface area contributed by atoms with Crippen LogP contribution in [0.3, 0.4) is 0 Å². The molecule has 2 aromatic rings. The molecule has 1 unspecified atom stereocenters. The van der Waals surface area contributed by atoms with Gasteiger partial charge in [-0.15, -0.1) is 0 Å². The molecule has 7 nitrogen and oxygen atoms in total. The zero-order chi connectivity index (χ0) is 19.1. The number of nitrogens with zero attached hydrogens (tertiary/aromatic N) is 2. The van der Waals surface area contributed by atoms with E-state index in [9.17, 15) is 4.79 Å². The number of carbonyl (C=O) groups excluding carboxylic acids is 1. The zero-order valence-corrected chi connectivity index (χ0v) is 15.7. The number of amides is 2. The standard InChI is InChI=1S/C20H25N3O4/c1-15(25-2)7-9-22-20(24)23(13-17-4-3-8-21-11-17)12-16-5-6-18-19(10-16)27-14-26-18/h3-6,8,10-11,15H,7,9,12-14H2,1-2H3,(H,22,24). The van der Waals surface area contributed by atoms with E-state index in [0.29, 0.717) is 25.4 Å². The van der Waals surface area contributed by atoms with Gasteiger partial charge >= 0.3 is 6.03 Å². The van der Waals surface area contributed by atoms with Crippen LogP contribution in [-0.2, 0) is 17.8 Å². The molecule has 0 fully saturated rings. The third-order valence-corrected chi connectivity index (χ3v) is 4.42. The topological polar surface area (TPSA) is 72.9 Å². The van der Waals surface area contributed by atoms with E-state index in [0.717, 1.165) is 23.3 Å². The summed E-state index contributed by atoms with van der Waals surface area (Å²) in [4.78, 5) is 18.6. The third-order valence-electron chi connectivity index (χ3n) is 4.42. The van der Waals surface area contributed by atoms with Gasteiger partial charge < -0.3 is 24.4 Å². The second-order valence-electron chi connectivity index (χ2n) is 6.47. The Morgan fingerprint density at radius 2 is 2.07 bits per heavy atom. The molecule has 7 heteroatoms. The SMILES string of the molecule is COC(C)CCNC(=O)N(Cc1cccnc1)Cc1ccc2c(c1)OCO2. The van der Waals surface area contributed by atoms with Crippen molar-refractivity contribution in [2.24, 2.45) is 0 Å². The van der Waals surface area contributed by atoms with Gasteiger partial charge in [-0.25, -0.2) is 4.79 Å². The molecule has 2 amide bonds. The van der Waals surface area contributed by atoms with Crippen molar-refractivity contribution >= 4 is 6.03 Å². The fourth-order valence-electron chi connectivity index (χ4n) is 2.78. The van der Waals surface area contributed by atoms with Crippen LogP contribution in [0.15, 0.2) is 42.7 Å². The molecule has 1 aliphatic rings. The lowest BCUT2D eigenvalue weighted by molar-refractivity contribution is 0.110. The highest BCUT2D eigenvalue weighted by Gasteiger charge is 2.18. The van der Waals surface area contributed by atoms with Gasteiger partial charge in [0.2, 0.25) is 6.79 Å². The molecular formula is C20H25N3O4. The molecule has 1 aliphatic heterocycles. The number of urea groups is 1. The lowest BCUT2D eigenvalue weighted by Crippen LogP contribution is -2.40. The Morgan fingerprint density at radius 1 is 1.26 bits per heavy atom. The van der Waals surface area contributed by atoms with Crippen LogP contribution in [0.4, 0.5) is 4.79 Å². The zero-order valence-electron chi connectivity index (χ0n) is 15.7. The molecule has 0 saturated heterocycles. The van der Waals surface area contributed by atoms with Crippen LogP contribution >= 0.6 is 0 Å². The van der Waals surface area contributed by atoms with E-state index >= 15 is 0 Å². The lowest BCUT2D eigenvalue weighted by atomic mass is 10.1. The van der Waals surface area contributed by atoms with Crippen molar-refractivity contribution in [2.45, 2.75) is 32.5 Å². The summed E-state index contributed by atoms with van der Waals surface area (Å²) in [5.74, 6) is 1.44. The van der Waals surface area contributed by atoms with E-state index in [-0.39, 0.29) is 18.9 Å². The maximum atomic E-state index is 12.8. The second kappa shape index (κ2) is 9.23. The first-order valence-electron chi connectivity index (χ1n) is 8.98. The highest BCUT2D eigenvalue weighted by atomic mass is 16.7. The molecular weight excluding hydrogens is 346 g/mol. The molecule has 0 spiro atoms. The highest BCUT2D eigenvalue weighted by Crippen LogP contribution is 2.32. The van der Waals surface area contributed by atoms with E-state index < -0.39 is 0 Å². The molecule has 1 atom stereocenters. The average Bonchev–Trinajstić information content (AvgIpc) is 3.16. The maximum absolute atomic E-state index is 12.8. The van der Waals surface area contributed by atoms with Gasteiger partial charge in [0.15, 0.2) is 11.5 Å². The van der Waals surface area contributed by atoms with E-state index in [1.807, 2.05) is 37.3 Å². The number of pyridine rings is 1. The maximum Gasteiger partial charge on any atom is 0.318 e. The minimum absolute atomic E-state index is 0.103. The first-order chi connectivity index (χ1) is 13.2. The number of methoxy groups -OCH3 is 1. The molecule has 1 N–H and O–H groups in total. The largest absolute Gasteiger partial charge is 0.454 e. The Bertz CT molecular complexity index is 754. The number of rotatable bonds is 8. The molecule has 0 bridgehead atoms. The van der Waals surface area contributed by atoms with Crippen LogP contribution in [-0.4, -0.2) is 42.5 Å². The molecule has 1 aromatic heterocycles. The lowest BCUT2D eigenvalue weighted by Gasteiger charge is -2.24. The van der Waals surface area contributed by atoms with E-state index in [4.69, 9.17) is 14.2 Å². The Kier molecular flexibility index (Phi) is 6.49. The van der Waals surface area contributed by atoms with E-state index in [1.165, 1.54) is 0 Å². The van der Waals surface area contributed by atoms with Crippen LogP contribution in [0.5, 0.6) is 11.5 Å². The Hall–Kier alpha value is -2.80. The van der Waals surface area contributed by atoms with Crippen molar-refractivity contribution in [3.63, 3.8) is 0 Å². The first kappa shape index (κ1) is 19.0. The van der Waals surface area contributed by atoms with Gasteiger partial charge in [0.05, 0.1) is 6.10 Å². The van der Waals surface area contributed by atoms with Gasteiger partial charge in [-0.2, -0.15) is 0 Å². The molecule has 0 aliphatic carbocycles. The number of carbonyl (C=O) groups is 1. The summed E-state index contributed by atoms with van der Waals surface area (Å²) >= 11 is 0. The number of hydrogen-bond acceptors (Lipinski definition) is 5. The van der Waals surface area contributed by atoms with Crippen molar-refractivity contribution in [1.29, 1.82) is 0 Å². The van der Waals surface area contributed by atoms with Crippen molar-refractivity contribution in [2.75, 3.05) is 20.4 Å². The molecule has 144 valence electrons. The molecule has 3 rings (SSSR count). The van der Waals surface area contributed by atoms with E-state index in [1.54, 1.807) is 24.4 Å². The number of nitrogens with one attached hydrogen (secondary N) is 1. The average molecular weight is 371 g/mol. The van der Waals surface area contributed by atoms with Crippen molar-refractivity contribution in [3.05, 3.63) is 53.9 Å². The summed E-state index contributed by atoms with van der Waals surface area (Å²) in [6.07, 6.45) is 4.35. The monoisotopic (exact) mass is 371 g/mol. The van der Waals surface area contributed by atoms with Crippen LogP contribution < -0.4 is 14.8 Å². The minimum atomic E-state index is -0.125. The van der Waals surface area contributed by atoms with Crippen LogP contribution in [0, 0.1) is 0 Å². The predicted octanol–water partition coefficient (Wildman–Crippen LogP) is 2.95. The summed E-state index contributed by atoms with van der Waals surface area (Å²) in [5.41, 5.74) is 1.95. The molecule has 2 heterocycles. The summed E-state index contributed by atoms with van der Waals surface area (Å²) in [5, 5.41) is 2.97. The second-order valence-corrected chi connectivity index (χ2v) is 6.47.